The number of methoxy groups -OCH3 is 1. The summed E-state index contributed by atoms with van der Waals surface area (Å²) in [4.78, 5) is 15.4. The smallest absolute Gasteiger partial charge is 0.345 e. The monoisotopic (exact) mass is 618 g/mol. The molecule has 1 amide bonds. The normalized spacial score (nSPS) is 23.2. The summed E-state index contributed by atoms with van der Waals surface area (Å²) in [6.45, 7) is -0.764. The van der Waals surface area contributed by atoms with E-state index in [0.29, 0.717) is 36.2 Å². The highest BCUT2D eigenvalue weighted by molar-refractivity contribution is 7.91. The minimum atomic E-state index is -3.37. The molecule has 1 aliphatic carbocycles. The van der Waals surface area contributed by atoms with Gasteiger partial charge in [-0.25, -0.2) is 8.42 Å². The molecule has 0 aromatic heterocycles. The highest BCUT2D eigenvalue weighted by Gasteiger charge is 2.35. The number of hydrogen-bond donors (Lipinski definition) is 2. The predicted molar refractivity (Wildman–Crippen MR) is 159 cm³/mol. The van der Waals surface area contributed by atoms with Gasteiger partial charge in [-0.05, 0) is 74.1 Å². The van der Waals surface area contributed by atoms with Crippen molar-refractivity contribution in [3.8, 4) is 6.07 Å². The van der Waals surface area contributed by atoms with Gasteiger partial charge >= 0.3 is 6.61 Å². The van der Waals surface area contributed by atoms with Crippen molar-refractivity contribution in [1.82, 2.24) is 10.6 Å². The van der Waals surface area contributed by atoms with Crippen LogP contribution in [0.4, 0.5) is 14.5 Å². The van der Waals surface area contributed by atoms with Crippen molar-refractivity contribution in [2.24, 2.45) is 0 Å². The third-order valence-electron chi connectivity index (χ3n) is 8.39. The van der Waals surface area contributed by atoms with Gasteiger partial charge in [0.2, 0.25) is 0 Å². The fourth-order valence-corrected chi connectivity index (χ4v) is 6.84. The van der Waals surface area contributed by atoms with Gasteiger partial charge in [0.25, 0.3) is 5.91 Å². The maximum atomic E-state index is 13.1. The molecule has 2 aliphatic rings. The van der Waals surface area contributed by atoms with E-state index in [1.54, 1.807) is 50.4 Å². The lowest BCUT2D eigenvalue weighted by Gasteiger charge is -2.30. The summed E-state index contributed by atoms with van der Waals surface area (Å²) in [6.07, 6.45) is 4.96. The van der Waals surface area contributed by atoms with Crippen LogP contribution in [0.1, 0.15) is 67.4 Å². The van der Waals surface area contributed by atoms with E-state index in [0.717, 1.165) is 31.4 Å². The number of sulfone groups is 1. The number of nitrogens with one attached hydrogen (secondary N) is 2. The first-order valence-corrected chi connectivity index (χ1v) is 16.3. The molecular weight excluding hydrogens is 578 g/mol. The lowest BCUT2D eigenvalue weighted by Crippen LogP contribution is -2.42. The van der Waals surface area contributed by atoms with Crippen LogP contribution in [0.15, 0.2) is 53.4 Å². The average molecular weight is 619 g/mol. The van der Waals surface area contributed by atoms with Gasteiger partial charge < -0.3 is 25.0 Å². The number of hydrogen-bond acceptors (Lipinski definition) is 8. The van der Waals surface area contributed by atoms with Crippen molar-refractivity contribution in [2.75, 3.05) is 30.9 Å². The van der Waals surface area contributed by atoms with Crippen molar-refractivity contribution in [3.05, 3.63) is 59.7 Å². The van der Waals surface area contributed by atoms with E-state index in [1.165, 1.54) is 12.1 Å². The Balaban J connectivity index is 1.42. The van der Waals surface area contributed by atoms with Crippen molar-refractivity contribution >= 4 is 21.4 Å². The number of anilines is 1. The van der Waals surface area contributed by atoms with Gasteiger partial charge in [-0.3, -0.25) is 4.79 Å². The molecule has 4 rings (SSSR count). The molecule has 0 spiro atoms. The number of nitrogens with zero attached hydrogens (tertiary/aromatic N) is 2. The van der Waals surface area contributed by atoms with Gasteiger partial charge in [-0.1, -0.05) is 19.1 Å². The highest BCUT2D eigenvalue weighted by atomic mass is 32.2. The molecule has 234 valence electrons. The van der Waals surface area contributed by atoms with Crippen LogP contribution in [-0.4, -0.2) is 71.2 Å². The number of amides is 1. The Morgan fingerprint density at radius 3 is 2.33 bits per heavy atom. The molecule has 1 saturated carbocycles. The van der Waals surface area contributed by atoms with Gasteiger partial charge in [0, 0.05) is 37.0 Å². The number of carbonyl (C=O) groups excluding carboxylic acids is 1. The first-order valence-electron chi connectivity index (χ1n) is 14.7. The van der Waals surface area contributed by atoms with E-state index < -0.39 is 22.5 Å². The molecule has 2 aromatic carbocycles. The van der Waals surface area contributed by atoms with E-state index in [1.807, 2.05) is 4.90 Å². The van der Waals surface area contributed by atoms with Crippen LogP contribution < -0.4 is 15.5 Å². The third-order valence-corrected chi connectivity index (χ3v) is 10.1. The largest absolute Gasteiger partial charge is 0.381 e. The molecule has 3 atom stereocenters. The number of ether oxygens (including phenoxy) is 2. The minimum absolute atomic E-state index is 0.00476. The van der Waals surface area contributed by atoms with Crippen LogP contribution in [0.25, 0.3) is 0 Å². The zero-order chi connectivity index (χ0) is 31.0. The summed E-state index contributed by atoms with van der Waals surface area (Å²) >= 11 is 0. The predicted octanol–water partition coefficient (Wildman–Crippen LogP) is 4.60. The maximum absolute atomic E-state index is 13.1. The maximum Gasteiger partial charge on any atom is 0.345 e. The molecule has 9 nitrogen and oxygen atoms in total. The van der Waals surface area contributed by atoms with Gasteiger partial charge in [0.15, 0.2) is 9.84 Å². The lowest BCUT2D eigenvalue weighted by atomic mass is 9.92. The fraction of sp³-hybridized carbons (Fsp3) is 0.548. The van der Waals surface area contributed by atoms with E-state index in [4.69, 9.17) is 9.47 Å². The molecule has 2 N–H and O–H groups in total. The first-order chi connectivity index (χ1) is 20.6. The minimum Gasteiger partial charge on any atom is -0.381 e. The topological polar surface area (TPSA) is 121 Å². The van der Waals surface area contributed by atoms with Gasteiger partial charge in [-0.2, -0.15) is 14.0 Å². The molecule has 0 unspecified atom stereocenters. The van der Waals surface area contributed by atoms with Crippen LogP contribution in [0.5, 0.6) is 0 Å². The van der Waals surface area contributed by atoms with Crippen LogP contribution in [0.3, 0.4) is 0 Å². The number of benzene rings is 2. The summed E-state index contributed by atoms with van der Waals surface area (Å²) in [5, 5.41) is 15.9. The molecule has 12 heteroatoms. The van der Waals surface area contributed by atoms with Gasteiger partial charge in [0.05, 0.1) is 47.9 Å². The molecule has 43 heavy (non-hydrogen) atoms. The number of nitriles is 1. The Morgan fingerprint density at radius 2 is 1.74 bits per heavy atom. The zero-order valence-electron chi connectivity index (χ0n) is 24.5. The van der Waals surface area contributed by atoms with Gasteiger partial charge in [0.1, 0.15) is 0 Å². The Morgan fingerprint density at radius 1 is 1.07 bits per heavy atom. The van der Waals surface area contributed by atoms with Crippen LogP contribution in [0, 0.1) is 11.3 Å². The molecule has 1 heterocycles. The molecule has 1 aliphatic heterocycles. The average Bonchev–Trinajstić information content (AvgIpc) is 3.42. The summed E-state index contributed by atoms with van der Waals surface area (Å²) < 4.78 is 60.3. The Labute approximate surface area is 252 Å². The highest BCUT2D eigenvalue weighted by Crippen LogP contribution is 2.29. The second-order valence-electron chi connectivity index (χ2n) is 11.1. The van der Waals surface area contributed by atoms with E-state index in [-0.39, 0.29) is 41.7 Å². The molecular formula is C31H40F2N4O5S. The Kier molecular flexibility index (Phi) is 11.5. The second-order valence-corrected chi connectivity index (χ2v) is 13.4. The molecule has 2 aromatic rings. The molecule has 2 fully saturated rings. The standard InChI is InChI=1S/C31H40F2N4O5S/c1-3-43(39,40)28-14-6-21(7-15-28)29(16-17-34)36-30(38)22-4-10-25(11-5-22)37-19-24(18-26(37)20-42-31(32)33)35-23-8-12-27(41-2)13-9-23/h4-7,10-11,14-15,23-24,26-27,29,31,35H,3,8-9,12-13,16,18-20H2,1-2H3,(H,36,38)/t23-,24-,26-,27-,29-/m0/s1. The fourth-order valence-electron chi connectivity index (χ4n) is 5.96. The van der Waals surface area contributed by atoms with Crippen LogP contribution >= 0.6 is 0 Å². The van der Waals surface area contributed by atoms with E-state index in [2.05, 4.69) is 16.7 Å². The van der Waals surface area contributed by atoms with E-state index >= 15 is 0 Å². The number of rotatable bonds is 13. The molecule has 0 bridgehead atoms. The summed E-state index contributed by atoms with van der Waals surface area (Å²) in [5.41, 5.74) is 1.80. The SMILES string of the molecule is CCS(=O)(=O)c1ccc([C@H](CC#N)NC(=O)c2ccc(N3C[C@@H](N[C@H]4CC[C@H](OC)CC4)C[C@H]3COC(F)F)cc2)cc1. The van der Waals surface area contributed by atoms with E-state index in [9.17, 15) is 27.3 Å². The lowest BCUT2D eigenvalue weighted by molar-refractivity contribution is -0.131. The van der Waals surface area contributed by atoms with Crippen molar-refractivity contribution < 1.29 is 31.5 Å². The molecule has 0 radical (unpaired) electrons. The van der Waals surface area contributed by atoms with Crippen molar-refractivity contribution in [3.63, 3.8) is 0 Å². The number of carbonyl (C=O) groups is 1. The first kappa shape index (κ1) is 32.8. The number of alkyl halides is 2. The van der Waals surface area contributed by atoms with Crippen LogP contribution in [0.2, 0.25) is 0 Å². The van der Waals surface area contributed by atoms with Gasteiger partial charge in [-0.15, -0.1) is 0 Å². The van der Waals surface area contributed by atoms with Crippen LogP contribution in [-0.2, 0) is 19.3 Å². The zero-order valence-corrected chi connectivity index (χ0v) is 25.4. The van der Waals surface area contributed by atoms with Crippen molar-refractivity contribution in [2.45, 2.75) is 87.2 Å². The quantitative estimate of drug-likeness (QED) is 0.334. The Hall–Kier alpha value is -3.11. The third kappa shape index (κ3) is 8.72. The Bertz CT molecular complexity index is 1340. The number of halogens is 2. The second kappa shape index (κ2) is 15.1. The molecule has 1 saturated heterocycles. The summed E-state index contributed by atoms with van der Waals surface area (Å²) in [5.74, 6) is -0.410. The summed E-state index contributed by atoms with van der Waals surface area (Å²) in [6, 6.07) is 14.8. The summed E-state index contributed by atoms with van der Waals surface area (Å²) in [7, 11) is -1.63. The van der Waals surface area contributed by atoms with Crippen molar-refractivity contribution in [1.29, 1.82) is 5.26 Å².